The Morgan fingerprint density at radius 2 is 2.00 bits per heavy atom. The van der Waals surface area contributed by atoms with Crippen molar-refractivity contribution >= 4 is 10.9 Å². The molecule has 0 unspecified atom stereocenters. The third-order valence-electron chi connectivity index (χ3n) is 6.78. The molecule has 6 heteroatoms. The fraction of sp³-hybridized carbons (Fsp3) is 0.269. The summed E-state index contributed by atoms with van der Waals surface area (Å²) in [7, 11) is 0. The Kier molecular flexibility index (Phi) is 4.44. The SMILES string of the molecule is C#Cc1ccccc1-c1ccc2[nH]nc(-c3cncc(O[C@H]4CNCCC45CC5)n3)c2c1. The summed E-state index contributed by atoms with van der Waals surface area (Å²) in [6.45, 7) is 1.92. The molecule has 1 spiro atoms. The van der Waals surface area contributed by atoms with E-state index in [2.05, 4.69) is 38.6 Å². The van der Waals surface area contributed by atoms with Crippen LogP contribution in [0.5, 0.6) is 5.88 Å². The van der Waals surface area contributed by atoms with E-state index in [1.165, 1.54) is 12.8 Å². The molecule has 2 aromatic carbocycles. The van der Waals surface area contributed by atoms with Crippen molar-refractivity contribution in [2.45, 2.75) is 25.4 Å². The average Bonchev–Trinajstić information content (AvgIpc) is 3.48. The summed E-state index contributed by atoms with van der Waals surface area (Å²) >= 11 is 0. The summed E-state index contributed by atoms with van der Waals surface area (Å²) in [4.78, 5) is 9.16. The number of terminal acetylenes is 1. The van der Waals surface area contributed by atoms with Crippen LogP contribution in [0.2, 0.25) is 0 Å². The number of rotatable bonds is 4. The first kappa shape index (κ1) is 19.0. The van der Waals surface area contributed by atoms with Crippen LogP contribution in [0.25, 0.3) is 33.4 Å². The Balaban J connectivity index is 1.36. The molecule has 2 N–H and O–H groups in total. The van der Waals surface area contributed by atoms with Crippen LogP contribution in [0.3, 0.4) is 0 Å². The van der Waals surface area contributed by atoms with Crippen molar-refractivity contribution in [2.24, 2.45) is 5.41 Å². The maximum Gasteiger partial charge on any atom is 0.233 e. The quantitative estimate of drug-likeness (QED) is 0.483. The van der Waals surface area contributed by atoms with E-state index in [1.807, 2.05) is 30.3 Å². The fourth-order valence-electron chi connectivity index (χ4n) is 4.75. The average molecular weight is 422 g/mol. The highest BCUT2D eigenvalue weighted by Crippen LogP contribution is 2.53. The van der Waals surface area contributed by atoms with Crippen molar-refractivity contribution in [2.75, 3.05) is 13.1 Å². The summed E-state index contributed by atoms with van der Waals surface area (Å²) in [5.41, 5.74) is 5.61. The van der Waals surface area contributed by atoms with Gasteiger partial charge in [-0.3, -0.25) is 10.1 Å². The largest absolute Gasteiger partial charge is 0.471 e. The smallest absolute Gasteiger partial charge is 0.233 e. The number of aromatic amines is 1. The molecule has 1 saturated carbocycles. The van der Waals surface area contributed by atoms with Gasteiger partial charge in [0.15, 0.2) is 0 Å². The van der Waals surface area contributed by atoms with E-state index in [9.17, 15) is 0 Å². The van der Waals surface area contributed by atoms with Crippen LogP contribution >= 0.6 is 0 Å². The lowest BCUT2D eigenvalue weighted by molar-refractivity contribution is 0.0844. The molecule has 0 radical (unpaired) electrons. The molecule has 2 fully saturated rings. The van der Waals surface area contributed by atoms with E-state index in [-0.39, 0.29) is 6.10 Å². The second kappa shape index (κ2) is 7.47. The molecule has 2 aromatic heterocycles. The second-order valence-corrected chi connectivity index (χ2v) is 8.69. The predicted molar refractivity (Wildman–Crippen MR) is 124 cm³/mol. The van der Waals surface area contributed by atoms with Gasteiger partial charge < -0.3 is 10.1 Å². The van der Waals surface area contributed by atoms with Crippen molar-refractivity contribution in [1.29, 1.82) is 0 Å². The Morgan fingerprint density at radius 1 is 1.09 bits per heavy atom. The molecule has 1 saturated heterocycles. The number of piperidine rings is 1. The first-order valence-electron chi connectivity index (χ1n) is 11.0. The van der Waals surface area contributed by atoms with Gasteiger partial charge in [0.2, 0.25) is 5.88 Å². The van der Waals surface area contributed by atoms with E-state index in [0.29, 0.717) is 17.0 Å². The number of hydrogen-bond donors (Lipinski definition) is 2. The number of fused-ring (bicyclic) bond motifs is 1. The van der Waals surface area contributed by atoms with Crippen molar-refractivity contribution < 1.29 is 4.74 Å². The van der Waals surface area contributed by atoms with E-state index in [1.54, 1.807) is 12.4 Å². The summed E-state index contributed by atoms with van der Waals surface area (Å²) in [5.74, 6) is 3.32. The van der Waals surface area contributed by atoms with Crippen molar-refractivity contribution in [1.82, 2.24) is 25.5 Å². The Labute approximate surface area is 186 Å². The van der Waals surface area contributed by atoms with Crippen LogP contribution in [0.4, 0.5) is 0 Å². The molecule has 4 aromatic rings. The van der Waals surface area contributed by atoms with Crippen molar-refractivity contribution in [3.8, 4) is 40.7 Å². The molecule has 2 aliphatic rings. The minimum Gasteiger partial charge on any atom is -0.471 e. The Bertz CT molecular complexity index is 1350. The molecule has 3 heterocycles. The van der Waals surface area contributed by atoms with Gasteiger partial charge >= 0.3 is 0 Å². The zero-order valence-corrected chi connectivity index (χ0v) is 17.6. The summed E-state index contributed by atoms with van der Waals surface area (Å²) in [6.07, 6.45) is 12.9. The van der Waals surface area contributed by atoms with Crippen LogP contribution in [-0.4, -0.2) is 39.4 Å². The number of hydrogen-bond acceptors (Lipinski definition) is 5. The first-order chi connectivity index (χ1) is 15.8. The summed E-state index contributed by atoms with van der Waals surface area (Å²) in [6, 6.07) is 14.1. The van der Waals surface area contributed by atoms with Crippen LogP contribution in [-0.2, 0) is 0 Å². The maximum atomic E-state index is 6.31. The van der Waals surface area contributed by atoms with Crippen LogP contribution in [0, 0.1) is 17.8 Å². The van der Waals surface area contributed by atoms with Gasteiger partial charge in [-0.15, -0.1) is 6.42 Å². The van der Waals surface area contributed by atoms with Gasteiger partial charge in [-0.05, 0) is 55.1 Å². The summed E-state index contributed by atoms with van der Waals surface area (Å²) < 4.78 is 6.31. The molecule has 158 valence electrons. The number of ether oxygens (including phenoxy) is 1. The lowest BCUT2D eigenvalue weighted by Gasteiger charge is -2.32. The molecule has 6 rings (SSSR count). The van der Waals surface area contributed by atoms with E-state index in [0.717, 1.165) is 52.8 Å². The Hall–Kier alpha value is -3.69. The summed E-state index contributed by atoms with van der Waals surface area (Å²) in [5, 5.41) is 12.1. The molecule has 6 nitrogen and oxygen atoms in total. The third kappa shape index (κ3) is 3.22. The third-order valence-corrected chi connectivity index (χ3v) is 6.78. The molecule has 1 atom stereocenters. The standard InChI is InChI=1S/C26H23N5O/c1-2-17-5-3-4-6-19(17)18-7-8-21-20(13-18)25(31-30-21)22-14-28-16-24(29-22)32-23-15-27-12-11-26(23)9-10-26/h1,3-8,13-14,16,23,27H,9-12,15H2,(H,30,31)/t23-/m0/s1. The second-order valence-electron chi connectivity index (χ2n) is 8.69. The Morgan fingerprint density at radius 3 is 2.88 bits per heavy atom. The number of nitrogens with one attached hydrogen (secondary N) is 2. The number of benzene rings is 2. The minimum absolute atomic E-state index is 0.142. The molecular formula is C26H23N5O. The highest BCUT2D eigenvalue weighted by atomic mass is 16.5. The van der Waals surface area contributed by atoms with Gasteiger partial charge in [0.25, 0.3) is 0 Å². The van der Waals surface area contributed by atoms with Gasteiger partial charge in [-0.2, -0.15) is 5.10 Å². The van der Waals surface area contributed by atoms with E-state index >= 15 is 0 Å². The lowest BCUT2D eigenvalue weighted by atomic mass is 9.92. The maximum absolute atomic E-state index is 6.31. The van der Waals surface area contributed by atoms with Crippen molar-refractivity contribution in [3.63, 3.8) is 0 Å². The minimum atomic E-state index is 0.142. The predicted octanol–water partition coefficient (Wildman–Crippen LogP) is 4.19. The van der Waals surface area contributed by atoms with Gasteiger partial charge in [-0.1, -0.05) is 30.2 Å². The number of aromatic nitrogens is 4. The molecule has 0 amide bonds. The van der Waals surface area contributed by atoms with Crippen molar-refractivity contribution in [3.05, 3.63) is 60.4 Å². The van der Waals surface area contributed by atoms with Crippen LogP contribution in [0.15, 0.2) is 54.9 Å². The van der Waals surface area contributed by atoms with Crippen LogP contribution < -0.4 is 10.1 Å². The van der Waals surface area contributed by atoms with Gasteiger partial charge in [0.1, 0.15) is 17.5 Å². The lowest BCUT2D eigenvalue weighted by Crippen LogP contribution is -2.45. The van der Waals surface area contributed by atoms with Gasteiger partial charge in [0.05, 0.1) is 17.9 Å². The molecule has 1 aliphatic carbocycles. The highest BCUT2D eigenvalue weighted by Gasteiger charge is 2.52. The number of nitrogens with zero attached hydrogens (tertiary/aromatic N) is 3. The molecule has 1 aliphatic heterocycles. The first-order valence-corrected chi connectivity index (χ1v) is 11.0. The monoisotopic (exact) mass is 421 g/mol. The fourth-order valence-corrected chi connectivity index (χ4v) is 4.75. The topological polar surface area (TPSA) is 75.7 Å². The molecule has 32 heavy (non-hydrogen) atoms. The van der Waals surface area contributed by atoms with Gasteiger partial charge in [-0.25, -0.2) is 4.98 Å². The highest BCUT2D eigenvalue weighted by molar-refractivity contribution is 5.95. The zero-order valence-electron chi connectivity index (χ0n) is 17.6. The van der Waals surface area contributed by atoms with Gasteiger partial charge in [0, 0.05) is 22.9 Å². The number of H-pyrrole nitrogens is 1. The molecular weight excluding hydrogens is 398 g/mol. The normalized spacial score (nSPS) is 19.0. The molecule has 0 bridgehead atoms. The van der Waals surface area contributed by atoms with E-state index < -0.39 is 0 Å². The van der Waals surface area contributed by atoms with E-state index in [4.69, 9.17) is 16.1 Å². The van der Waals surface area contributed by atoms with Crippen LogP contribution in [0.1, 0.15) is 24.8 Å². The zero-order chi connectivity index (χ0) is 21.5.